The number of ether oxygens (including phenoxy) is 1. The molecule has 1 aliphatic heterocycles. The van der Waals surface area contributed by atoms with Crippen molar-refractivity contribution in [1.82, 2.24) is 4.90 Å². The van der Waals surface area contributed by atoms with Gasteiger partial charge in [0, 0.05) is 18.5 Å². The van der Waals surface area contributed by atoms with Crippen LogP contribution in [-0.2, 0) is 4.79 Å². The van der Waals surface area contributed by atoms with Crippen LogP contribution in [0.4, 0.5) is 0 Å². The fraction of sp³-hybridized carbons (Fsp3) is 0.588. The lowest BCUT2D eigenvalue weighted by atomic mass is 9.88. The minimum atomic E-state index is -0.00977. The van der Waals surface area contributed by atoms with Gasteiger partial charge in [-0.3, -0.25) is 4.79 Å². The van der Waals surface area contributed by atoms with Gasteiger partial charge in [-0.05, 0) is 37.0 Å². The number of hydrogen-bond acceptors (Lipinski definition) is 3. The van der Waals surface area contributed by atoms with E-state index in [0.29, 0.717) is 12.5 Å². The summed E-state index contributed by atoms with van der Waals surface area (Å²) in [6, 6.07) is 8.35. The van der Waals surface area contributed by atoms with Gasteiger partial charge in [-0.2, -0.15) is 0 Å². The summed E-state index contributed by atoms with van der Waals surface area (Å²) in [6.07, 6.45) is 6.00. The molecular weight excluding hydrogens is 264 g/mol. The van der Waals surface area contributed by atoms with Crippen LogP contribution in [-0.4, -0.2) is 30.0 Å². The number of piperidine rings is 1. The van der Waals surface area contributed by atoms with E-state index in [0.717, 1.165) is 30.6 Å². The Balaban J connectivity index is 1.95. The number of rotatable bonds is 3. The van der Waals surface area contributed by atoms with Crippen LogP contribution in [0.15, 0.2) is 24.3 Å². The molecule has 1 aromatic carbocycles. The Hall–Kier alpha value is -1.55. The van der Waals surface area contributed by atoms with Gasteiger partial charge in [0.2, 0.25) is 5.91 Å². The van der Waals surface area contributed by atoms with E-state index in [9.17, 15) is 4.79 Å². The number of carbonyl (C=O) groups excluding carboxylic acids is 1. The maximum Gasteiger partial charge on any atom is 0.223 e. The Kier molecular flexibility index (Phi) is 4.15. The lowest BCUT2D eigenvalue weighted by molar-refractivity contribution is -0.140. The highest BCUT2D eigenvalue weighted by atomic mass is 16.5. The molecule has 0 aromatic heterocycles. The molecule has 1 aliphatic carbocycles. The number of likely N-dealkylation sites (tertiary alicyclic amines) is 1. The van der Waals surface area contributed by atoms with E-state index in [1.807, 2.05) is 18.2 Å². The monoisotopic (exact) mass is 288 g/mol. The average Bonchev–Trinajstić information content (AvgIpc) is 3.03. The molecule has 4 heteroatoms. The molecule has 4 nitrogen and oxygen atoms in total. The molecule has 1 heterocycles. The topological polar surface area (TPSA) is 55.6 Å². The lowest BCUT2D eigenvalue weighted by Crippen LogP contribution is -2.52. The molecule has 0 spiro atoms. The number of methoxy groups -OCH3 is 1. The van der Waals surface area contributed by atoms with Gasteiger partial charge in [-0.15, -0.1) is 0 Å². The minimum Gasteiger partial charge on any atom is -0.497 e. The first-order chi connectivity index (χ1) is 10.2. The molecule has 0 radical (unpaired) electrons. The van der Waals surface area contributed by atoms with Crippen molar-refractivity contribution in [2.45, 2.75) is 56.7 Å². The first-order valence-electron chi connectivity index (χ1n) is 7.91. The van der Waals surface area contributed by atoms with Crippen molar-refractivity contribution in [2.75, 3.05) is 7.11 Å². The van der Waals surface area contributed by atoms with Gasteiger partial charge in [-0.1, -0.05) is 25.0 Å². The first kappa shape index (κ1) is 14.4. The molecule has 2 atom stereocenters. The van der Waals surface area contributed by atoms with Gasteiger partial charge < -0.3 is 15.4 Å². The van der Waals surface area contributed by atoms with Crippen molar-refractivity contribution in [3.63, 3.8) is 0 Å². The molecule has 1 saturated carbocycles. The number of hydrogen-bond donors (Lipinski definition) is 1. The van der Waals surface area contributed by atoms with Gasteiger partial charge in [-0.25, -0.2) is 0 Å². The SMILES string of the molecule is COc1cccc(C2C(N)CCC(=O)N2C2CCCC2)c1. The predicted octanol–water partition coefficient (Wildman–Crippen LogP) is 2.63. The molecule has 2 aliphatic rings. The van der Waals surface area contributed by atoms with Gasteiger partial charge in [0.05, 0.1) is 13.2 Å². The zero-order valence-electron chi connectivity index (χ0n) is 12.6. The number of carbonyl (C=O) groups is 1. The first-order valence-corrected chi connectivity index (χ1v) is 7.91. The maximum absolute atomic E-state index is 12.5. The van der Waals surface area contributed by atoms with Gasteiger partial charge in [0.1, 0.15) is 5.75 Å². The van der Waals surface area contributed by atoms with Crippen molar-refractivity contribution in [3.05, 3.63) is 29.8 Å². The molecule has 21 heavy (non-hydrogen) atoms. The van der Waals surface area contributed by atoms with E-state index in [4.69, 9.17) is 10.5 Å². The van der Waals surface area contributed by atoms with E-state index >= 15 is 0 Å². The summed E-state index contributed by atoms with van der Waals surface area (Å²) >= 11 is 0. The van der Waals surface area contributed by atoms with Crippen molar-refractivity contribution in [3.8, 4) is 5.75 Å². The van der Waals surface area contributed by atoms with Crippen LogP contribution in [0.1, 0.15) is 50.1 Å². The number of nitrogens with two attached hydrogens (primary N) is 1. The average molecular weight is 288 g/mol. The Morgan fingerprint density at radius 2 is 2.00 bits per heavy atom. The van der Waals surface area contributed by atoms with Crippen LogP contribution in [0.5, 0.6) is 5.75 Å². The highest BCUT2D eigenvalue weighted by Gasteiger charge is 2.39. The summed E-state index contributed by atoms with van der Waals surface area (Å²) in [4.78, 5) is 14.6. The standard InChI is InChI=1S/C17H24N2O2/c1-21-14-8-4-5-12(11-14)17-15(18)9-10-16(20)19(17)13-6-2-3-7-13/h4-5,8,11,13,15,17H,2-3,6-7,9-10,18H2,1H3. The number of nitrogens with zero attached hydrogens (tertiary/aromatic N) is 1. The molecule has 2 unspecified atom stereocenters. The van der Waals surface area contributed by atoms with Crippen molar-refractivity contribution < 1.29 is 9.53 Å². The Morgan fingerprint density at radius 3 is 2.71 bits per heavy atom. The van der Waals surface area contributed by atoms with E-state index in [1.54, 1.807) is 7.11 Å². The van der Waals surface area contributed by atoms with Crippen molar-refractivity contribution >= 4 is 5.91 Å². The quantitative estimate of drug-likeness (QED) is 0.930. The summed E-state index contributed by atoms with van der Waals surface area (Å²) in [6.45, 7) is 0. The highest BCUT2D eigenvalue weighted by Crippen LogP contribution is 2.38. The largest absolute Gasteiger partial charge is 0.497 e. The van der Waals surface area contributed by atoms with Gasteiger partial charge in [0.15, 0.2) is 0 Å². The second-order valence-electron chi connectivity index (χ2n) is 6.16. The third kappa shape index (κ3) is 2.77. The molecule has 114 valence electrons. The molecule has 1 saturated heterocycles. The zero-order chi connectivity index (χ0) is 14.8. The van der Waals surface area contributed by atoms with Crippen molar-refractivity contribution in [1.29, 1.82) is 0 Å². The van der Waals surface area contributed by atoms with E-state index in [-0.39, 0.29) is 18.0 Å². The van der Waals surface area contributed by atoms with Crippen LogP contribution >= 0.6 is 0 Å². The van der Waals surface area contributed by atoms with Gasteiger partial charge >= 0.3 is 0 Å². The van der Waals surface area contributed by atoms with E-state index < -0.39 is 0 Å². The van der Waals surface area contributed by atoms with Crippen LogP contribution in [0.3, 0.4) is 0 Å². The van der Waals surface area contributed by atoms with E-state index in [2.05, 4.69) is 11.0 Å². The van der Waals surface area contributed by atoms with E-state index in [1.165, 1.54) is 12.8 Å². The fourth-order valence-electron chi connectivity index (χ4n) is 3.79. The normalized spacial score (nSPS) is 27.1. The molecular formula is C17H24N2O2. The third-order valence-corrected chi connectivity index (χ3v) is 4.84. The lowest BCUT2D eigenvalue weighted by Gasteiger charge is -2.43. The van der Waals surface area contributed by atoms with Crippen LogP contribution < -0.4 is 10.5 Å². The Bertz CT molecular complexity index is 511. The Morgan fingerprint density at radius 1 is 1.24 bits per heavy atom. The summed E-state index contributed by atoms with van der Waals surface area (Å²) in [5, 5.41) is 0. The second-order valence-corrected chi connectivity index (χ2v) is 6.16. The zero-order valence-corrected chi connectivity index (χ0v) is 12.6. The summed E-state index contributed by atoms with van der Waals surface area (Å²) in [5.74, 6) is 1.08. The summed E-state index contributed by atoms with van der Waals surface area (Å²) < 4.78 is 5.32. The second kappa shape index (κ2) is 6.06. The molecule has 2 fully saturated rings. The summed E-state index contributed by atoms with van der Waals surface area (Å²) in [5.41, 5.74) is 7.49. The molecule has 0 bridgehead atoms. The molecule has 1 aromatic rings. The summed E-state index contributed by atoms with van der Waals surface area (Å²) in [7, 11) is 1.67. The number of benzene rings is 1. The molecule has 1 amide bonds. The van der Waals surface area contributed by atoms with Gasteiger partial charge in [0.25, 0.3) is 0 Å². The predicted molar refractivity (Wildman–Crippen MR) is 82.0 cm³/mol. The van der Waals surface area contributed by atoms with Crippen LogP contribution in [0.25, 0.3) is 0 Å². The number of amides is 1. The highest BCUT2D eigenvalue weighted by molar-refractivity contribution is 5.78. The Labute approximate surface area is 126 Å². The molecule has 3 rings (SSSR count). The smallest absolute Gasteiger partial charge is 0.223 e. The van der Waals surface area contributed by atoms with Crippen molar-refractivity contribution in [2.24, 2.45) is 5.73 Å². The molecule has 2 N–H and O–H groups in total. The third-order valence-electron chi connectivity index (χ3n) is 4.84. The maximum atomic E-state index is 12.5. The fourth-order valence-corrected chi connectivity index (χ4v) is 3.79. The van der Waals surface area contributed by atoms with Crippen LogP contribution in [0, 0.1) is 0 Å². The minimum absolute atomic E-state index is 0.00964. The van der Waals surface area contributed by atoms with Crippen LogP contribution in [0.2, 0.25) is 0 Å².